The zero-order valence-corrected chi connectivity index (χ0v) is 15.5. The smallest absolute Gasteiger partial charge is 0.166 e. The number of allylic oxidation sites excluding steroid dienone is 2. The highest BCUT2D eigenvalue weighted by Gasteiger charge is 2.35. The molecule has 0 amide bonds. The van der Waals surface area contributed by atoms with Crippen molar-refractivity contribution < 1.29 is 9.59 Å². The molecule has 3 heteroatoms. The zero-order chi connectivity index (χ0) is 16.8. The van der Waals surface area contributed by atoms with Crippen molar-refractivity contribution >= 4 is 0 Å². The quantitative estimate of drug-likeness (QED) is 0.276. The van der Waals surface area contributed by atoms with Crippen molar-refractivity contribution in [1.82, 2.24) is 5.32 Å². The number of aliphatic hydroxyl groups excluding tert-OH is 1. The summed E-state index contributed by atoms with van der Waals surface area (Å²) < 4.78 is 0.905. The highest BCUT2D eigenvalue weighted by molar-refractivity contribution is 4.84. The largest absolute Gasteiger partial charge is 0.390 e. The summed E-state index contributed by atoms with van der Waals surface area (Å²) in [5.74, 6) is 0. The van der Waals surface area contributed by atoms with E-state index in [2.05, 4.69) is 43.7 Å². The van der Waals surface area contributed by atoms with Gasteiger partial charge in [-0.2, -0.15) is 0 Å². The molecule has 0 saturated heterocycles. The van der Waals surface area contributed by atoms with Crippen LogP contribution in [-0.2, 0) is 0 Å². The van der Waals surface area contributed by atoms with Gasteiger partial charge in [0.05, 0.1) is 19.4 Å². The van der Waals surface area contributed by atoms with Gasteiger partial charge < -0.3 is 10.4 Å². The summed E-state index contributed by atoms with van der Waals surface area (Å²) in [5, 5.41) is 12.8. The zero-order valence-electron chi connectivity index (χ0n) is 15.5. The van der Waals surface area contributed by atoms with E-state index in [0.29, 0.717) is 6.17 Å². The number of aliphatic hydroxyl groups is 1. The maximum atomic E-state index is 9.32. The second-order valence-corrected chi connectivity index (χ2v) is 6.80. The summed E-state index contributed by atoms with van der Waals surface area (Å²) in [4.78, 5) is 0. The van der Waals surface area contributed by atoms with Crippen LogP contribution in [0.3, 0.4) is 0 Å². The van der Waals surface area contributed by atoms with E-state index >= 15 is 0 Å². The summed E-state index contributed by atoms with van der Waals surface area (Å²) in [6.07, 6.45) is 22.5. The number of likely N-dealkylation sites (N-methyl/N-ethyl adjacent to an activating group) is 1. The molecule has 23 heavy (non-hydrogen) atoms. The number of hydrogen-bond donors (Lipinski definition) is 2. The lowest BCUT2D eigenvalue weighted by molar-refractivity contribution is -0.900. The molecule has 0 radical (unpaired) electrons. The van der Waals surface area contributed by atoms with E-state index in [9.17, 15) is 5.11 Å². The van der Waals surface area contributed by atoms with Gasteiger partial charge >= 0.3 is 0 Å². The molecule has 1 aliphatic rings. The lowest BCUT2D eigenvalue weighted by atomic mass is 10.1. The molecule has 134 valence electrons. The minimum atomic E-state index is 0.268. The predicted molar refractivity (Wildman–Crippen MR) is 99.8 cm³/mol. The van der Waals surface area contributed by atoms with Crippen molar-refractivity contribution in [1.29, 1.82) is 0 Å². The maximum Gasteiger partial charge on any atom is 0.166 e. The Bertz CT molecular complexity index is 341. The molecular weight excluding hydrogens is 284 g/mol. The number of nitrogens with zero attached hydrogens (tertiary/aromatic N) is 1. The number of rotatable bonds is 14. The molecule has 3 nitrogen and oxygen atoms in total. The Kier molecular flexibility index (Phi) is 11.1. The average molecular weight is 324 g/mol. The molecule has 2 atom stereocenters. The Balaban J connectivity index is 2.01. The van der Waals surface area contributed by atoms with Gasteiger partial charge in [0.25, 0.3) is 0 Å². The van der Waals surface area contributed by atoms with E-state index < -0.39 is 0 Å². The van der Waals surface area contributed by atoms with Gasteiger partial charge in [-0.15, -0.1) is 0 Å². The lowest BCUT2D eigenvalue weighted by Gasteiger charge is -2.36. The van der Waals surface area contributed by atoms with E-state index in [1.165, 1.54) is 64.2 Å². The van der Waals surface area contributed by atoms with Crippen LogP contribution in [0.15, 0.2) is 24.6 Å². The van der Waals surface area contributed by atoms with Crippen molar-refractivity contribution in [2.45, 2.75) is 84.2 Å². The van der Waals surface area contributed by atoms with E-state index in [1.54, 1.807) is 0 Å². The van der Waals surface area contributed by atoms with Crippen LogP contribution in [-0.4, -0.2) is 35.5 Å². The lowest BCUT2D eigenvalue weighted by Crippen LogP contribution is -2.54. The van der Waals surface area contributed by atoms with Crippen LogP contribution in [0.1, 0.15) is 78.1 Å². The predicted octanol–water partition coefficient (Wildman–Crippen LogP) is 4.69. The number of nitrogens with one attached hydrogen (secondary N) is 1. The van der Waals surface area contributed by atoms with Crippen molar-refractivity contribution in [2.75, 3.05) is 19.7 Å². The average Bonchev–Trinajstić information content (AvgIpc) is 2.96. The summed E-state index contributed by atoms with van der Waals surface area (Å²) in [6, 6.07) is 0. The number of unbranched alkanes of at least 4 members (excludes halogenated alkanes) is 7. The Labute approximate surface area is 144 Å². The Morgan fingerprint density at radius 3 is 2.35 bits per heavy atom. The summed E-state index contributed by atoms with van der Waals surface area (Å²) in [6.45, 7) is 6.57. The van der Waals surface area contributed by atoms with Gasteiger partial charge in [0.1, 0.15) is 12.7 Å². The van der Waals surface area contributed by atoms with Gasteiger partial charge in [-0.05, 0) is 32.6 Å². The molecular formula is C20H39N2O+. The van der Waals surface area contributed by atoms with Gasteiger partial charge in [-0.3, -0.25) is 4.48 Å². The van der Waals surface area contributed by atoms with Gasteiger partial charge in [-0.1, -0.05) is 51.2 Å². The summed E-state index contributed by atoms with van der Waals surface area (Å²) in [5.41, 5.74) is 0. The minimum absolute atomic E-state index is 0.268. The van der Waals surface area contributed by atoms with Crippen LogP contribution >= 0.6 is 0 Å². The Morgan fingerprint density at radius 2 is 1.70 bits per heavy atom. The van der Waals surface area contributed by atoms with Crippen molar-refractivity contribution in [3.8, 4) is 0 Å². The molecule has 0 saturated carbocycles. The third kappa shape index (κ3) is 7.54. The number of hydrogen-bond acceptors (Lipinski definition) is 2. The Morgan fingerprint density at radius 1 is 1.00 bits per heavy atom. The molecule has 2 N–H and O–H groups in total. The highest BCUT2D eigenvalue weighted by Crippen LogP contribution is 2.22. The summed E-state index contributed by atoms with van der Waals surface area (Å²) in [7, 11) is 0. The molecule has 1 aliphatic heterocycles. The molecule has 0 aliphatic carbocycles. The third-order valence-electron chi connectivity index (χ3n) is 5.14. The highest BCUT2D eigenvalue weighted by atomic mass is 16.3. The fraction of sp³-hybridized carbons (Fsp3) is 0.800. The van der Waals surface area contributed by atoms with E-state index in [0.717, 1.165) is 17.6 Å². The van der Waals surface area contributed by atoms with Crippen molar-refractivity contribution in [3.05, 3.63) is 24.6 Å². The van der Waals surface area contributed by atoms with Crippen LogP contribution in [0.4, 0.5) is 0 Å². The molecule has 0 bridgehead atoms. The summed E-state index contributed by atoms with van der Waals surface area (Å²) >= 11 is 0. The van der Waals surface area contributed by atoms with Crippen LogP contribution in [0.5, 0.6) is 0 Å². The van der Waals surface area contributed by atoms with Crippen LogP contribution < -0.4 is 5.32 Å². The maximum absolute atomic E-state index is 9.32. The fourth-order valence-corrected chi connectivity index (χ4v) is 3.56. The molecule has 0 aromatic rings. The van der Waals surface area contributed by atoms with Gasteiger partial charge in [0, 0.05) is 6.42 Å². The standard InChI is InChI=1S/C20H39N2O/c1-3-5-6-7-8-9-10-11-12-13-14-15-20-21-16-17-22(20,4-2)18-19-23/h5-6,16-17,20-21,23H,3-4,7-15,18-19H2,1-2H3/q+1/b6-5+. The van der Waals surface area contributed by atoms with Crippen LogP contribution in [0.25, 0.3) is 0 Å². The van der Waals surface area contributed by atoms with Crippen LogP contribution in [0.2, 0.25) is 0 Å². The second-order valence-electron chi connectivity index (χ2n) is 6.80. The first-order chi connectivity index (χ1) is 11.3. The monoisotopic (exact) mass is 323 g/mol. The molecule has 2 unspecified atom stereocenters. The molecule has 1 rings (SSSR count). The van der Waals surface area contributed by atoms with E-state index in [4.69, 9.17) is 0 Å². The third-order valence-corrected chi connectivity index (χ3v) is 5.14. The van der Waals surface area contributed by atoms with Crippen molar-refractivity contribution in [2.24, 2.45) is 0 Å². The molecule has 1 heterocycles. The van der Waals surface area contributed by atoms with Gasteiger partial charge in [0.15, 0.2) is 6.17 Å². The minimum Gasteiger partial charge on any atom is -0.390 e. The first-order valence-corrected chi connectivity index (χ1v) is 9.85. The van der Waals surface area contributed by atoms with Gasteiger partial charge in [0.2, 0.25) is 0 Å². The fourth-order valence-electron chi connectivity index (χ4n) is 3.56. The topological polar surface area (TPSA) is 32.3 Å². The Hall–Kier alpha value is -0.800. The number of quaternary nitrogens is 1. The first-order valence-electron chi connectivity index (χ1n) is 9.85. The van der Waals surface area contributed by atoms with Crippen LogP contribution in [0, 0.1) is 0 Å². The van der Waals surface area contributed by atoms with Crippen molar-refractivity contribution in [3.63, 3.8) is 0 Å². The van der Waals surface area contributed by atoms with Gasteiger partial charge in [-0.25, -0.2) is 0 Å². The molecule has 0 fully saturated rings. The molecule has 0 spiro atoms. The molecule has 0 aromatic carbocycles. The van der Waals surface area contributed by atoms with E-state index in [1.807, 2.05) is 0 Å². The normalized spacial score (nSPS) is 23.7. The second kappa shape index (κ2) is 12.6. The first kappa shape index (κ1) is 20.2. The molecule has 0 aromatic heterocycles. The van der Waals surface area contributed by atoms with E-state index in [-0.39, 0.29) is 6.61 Å². The SMILES string of the molecule is CC/C=C/CCCCCCCCCC1NC=C[N+]1(CC)CCO.